The molecule has 4 aliphatic rings. The molecule has 11 nitrogen and oxygen atoms in total. The highest BCUT2D eigenvalue weighted by Gasteiger charge is 2.49. The van der Waals surface area contributed by atoms with E-state index in [9.17, 15) is 27.9 Å². The number of benzene rings is 2. The molecule has 4 amide bonds. The number of likely N-dealkylation sites (tertiary alicyclic amines) is 1. The predicted octanol–water partition coefficient (Wildman–Crippen LogP) is 3.71. The lowest BCUT2D eigenvalue weighted by atomic mass is 9.79. The van der Waals surface area contributed by atoms with Gasteiger partial charge in [0.1, 0.15) is 6.23 Å². The summed E-state index contributed by atoms with van der Waals surface area (Å²) in [6, 6.07) is 12.2. The molecule has 2 radical (unpaired) electrons. The van der Waals surface area contributed by atoms with Gasteiger partial charge in [0.2, 0.25) is 21.8 Å². The van der Waals surface area contributed by atoms with E-state index in [1.54, 1.807) is 53.8 Å². The van der Waals surface area contributed by atoms with Crippen LogP contribution in [0.4, 0.5) is 25.0 Å². The number of piperidine rings is 2. The highest BCUT2D eigenvalue weighted by atomic mass is 32.2. The maximum absolute atomic E-state index is 15.7. The molecule has 4 aliphatic heterocycles. The van der Waals surface area contributed by atoms with Gasteiger partial charge in [-0.05, 0) is 73.7 Å². The van der Waals surface area contributed by atoms with Crippen molar-refractivity contribution in [2.75, 3.05) is 36.9 Å². The molecule has 2 aromatic rings. The van der Waals surface area contributed by atoms with Crippen LogP contribution >= 0.6 is 0 Å². The Morgan fingerprint density at radius 3 is 2.60 bits per heavy atom. The highest BCUT2D eigenvalue weighted by Crippen LogP contribution is 2.47. The summed E-state index contributed by atoms with van der Waals surface area (Å²) in [7, 11) is -1.32. The van der Waals surface area contributed by atoms with Crippen molar-refractivity contribution in [3.63, 3.8) is 0 Å². The van der Waals surface area contributed by atoms with E-state index in [-0.39, 0.29) is 37.0 Å². The molecule has 258 valence electrons. The van der Waals surface area contributed by atoms with E-state index in [1.165, 1.54) is 4.90 Å². The van der Waals surface area contributed by atoms with Crippen LogP contribution in [0.25, 0.3) is 0 Å². The van der Waals surface area contributed by atoms with Crippen molar-refractivity contribution in [3.8, 4) is 0 Å². The van der Waals surface area contributed by atoms with Crippen molar-refractivity contribution in [3.05, 3.63) is 59.2 Å². The summed E-state index contributed by atoms with van der Waals surface area (Å²) in [5.41, 5.74) is 1.82. The SMILES string of the molecule is CN1C(=O)[C@@H](C2CCC(=O)NC2O)c2ccc([C@@H]3CCN(C(=O)Nc4cccc(CS(=O)(=O)N5CC[Si]CC5(C)C)c4)CC3(F)F)cc21. The van der Waals surface area contributed by atoms with Crippen LogP contribution in [-0.2, 0) is 25.4 Å². The van der Waals surface area contributed by atoms with Gasteiger partial charge in [-0.3, -0.25) is 9.59 Å². The molecule has 0 bridgehead atoms. The monoisotopic (exact) mass is 701 g/mol. The fraction of sp³-hybridized carbons (Fsp3) is 0.545. The van der Waals surface area contributed by atoms with Crippen molar-refractivity contribution >= 4 is 48.8 Å². The van der Waals surface area contributed by atoms with E-state index in [0.717, 1.165) is 26.5 Å². The molecule has 6 rings (SSSR count). The number of aliphatic hydroxyl groups is 1. The molecular formula is C33H41F2N5O6SSi. The smallest absolute Gasteiger partial charge is 0.322 e. The number of aliphatic hydroxyl groups excluding tert-OH is 1. The van der Waals surface area contributed by atoms with Gasteiger partial charge in [-0.1, -0.05) is 24.3 Å². The summed E-state index contributed by atoms with van der Waals surface area (Å²) in [5, 5.41) is 15.6. The molecular weight excluding hydrogens is 661 g/mol. The number of hydrogen-bond acceptors (Lipinski definition) is 6. The predicted molar refractivity (Wildman–Crippen MR) is 178 cm³/mol. The van der Waals surface area contributed by atoms with Crippen LogP contribution in [0.15, 0.2) is 42.5 Å². The van der Waals surface area contributed by atoms with E-state index in [1.807, 2.05) is 13.8 Å². The van der Waals surface area contributed by atoms with E-state index in [0.29, 0.717) is 41.0 Å². The molecule has 15 heteroatoms. The fourth-order valence-corrected chi connectivity index (χ4v) is 11.2. The largest absolute Gasteiger partial charge is 0.373 e. The maximum atomic E-state index is 15.7. The maximum Gasteiger partial charge on any atom is 0.322 e. The number of alkyl halides is 2. The van der Waals surface area contributed by atoms with Crippen molar-refractivity contribution in [1.82, 2.24) is 14.5 Å². The second-order valence-electron chi connectivity index (χ2n) is 13.9. The Balaban J connectivity index is 1.12. The quantitative estimate of drug-likeness (QED) is 0.393. The van der Waals surface area contributed by atoms with Crippen LogP contribution in [0.1, 0.15) is 61.6 Å². The first kappa shape index (κ1) is 34.5. The van der Waals surface area contributed by atoms with E-state index < -0.39 is 58.0 Å². The molecule has 2 unspecified atom stereocenters. The summed E-state index contributed by atoms with van der Waals surface area (Å²) < 4.78 is 59.6. The zero-order valence-electron chi connectivity index (χ0n) is 27.2. The van der Waals surface area contributed by atoms with Crippen molar-refractivity contribution in [2.45, 2.75) is 80.5 Å². The van der Waals surface area contributed by atoms with Gasteiger partial charge in [-0.25, -0.2) is 22.0 Å². The lowest BCUT2D eigenvalue weighted by Crippen LogP contribution is -2.51. The standard InChI is InChI=1S/C33H41F2N5O6SSi/c1-32(2)19-48-14-13-40(32)47(45,46)17-20-5-4-6-22(15-20)36-31(44)39-12-11-25(33(34,35)18-39)21-7-8-23-26(16-21)38(3)30(43)28(23)24-9-10-27(41)37-29(24)42/h4-8,15-16,24-25,28-29,42H,9-14,17-19H2,1-3H3,(H,36,44)(H,37,41)/t24?,25-,28+,29?/m0/s1. The third-order valence-corrected chi connectivity index (χ3v) is 13.8. The summed E-state index contributed by atoms with van der Waals surface area (Å²) in [6.07, 6.45) is -0.677. The van der Waals surface area contributed by atoms with E-state index in [2.05, 4.69) is 10.6 Å². The van der Waals surface area contributed by atoms with Crippen LogP contribution in [-0.4, -0.2) is 94.5 Å². The summed E-state index contributed by atoms with van der Waals surface area (Å²) in [6.45, 7) is 3.58. The van der Waals surface area contributed by atoms with E-state index >= 15 is 8.78 Å². The minimum atomic E-state index is -3.61. The summed E-state index contributed by atoms with van der Waals surface area (Å²) in [4.78, 5) is 40.6. The van der Waals surface area contributed by atoms with Crippen LogP contribution in [0.5, 0.6) is 0 Å². The summed E-state index contributed by atoms with van der Waals surface area (Å²) in [5.74, 6) is -6.47. The molecule has 4 atom stereocenters. The number of carbonyl (C=O) groups excluding carboxylic acids is 3. The second kappa shape index (κ2) is 12.8. The fourth-order valence-electron chi connectivity index (χ4n) is 7.59. The first-order valence-electron chi connectivity index (χ1n) is 16.2. The Hall–Kier alpha value is -3.40. The highest BCUT2D eigenvalue weighted by molar-refractivity contribution is 7.88. The number of hydrogen-bond donors (Lipinski definition) is 3. The number of halogens is 2. The van der Waals surface area contributed by atoms with Crippen LogP contribution in [0, 0.1) is 5.92 Å². The van der Waals surface area contributed by atoms with Crippen molar-refractivity contribution < 1.29 is 36.7 Å². The van der Waals surface area contributed by atoms with Gasteiger partial charge in [-0.2, -0.15) is 4.31 Å². The first-order valence-corrected chi connectivity index (χ1v) is 19.2. The van der Waals surface area contributed by atoms with Gasteiger partial charge < -0.3 is 25.5 Å². The minimum Gasteiger partial charge on any atom is -0.373 e. The number of fused-ring (bicyclic) bond motifs is 1. The number of amides is 4. The number of sulfonamides is 1. The van der Waals surface area contributed by atoms with Gasteiger partial charge in [0.25, 0.3) is 5.92 Å². The molecule has 0 saturated carbocycles. The van der Waals surface area contributed by atoms with Gasteiger partial charge in [-0.15, -0.1) is 0 Å². The van der Waals surface area contributed by atoms with E-state index in [4.69, 9.17) is 0 Å². The van der Waals surface area contributed by atoms with Crippen LogP contribution in [0.2, 0.25) is 12.1 Å². The van der Waals surface area contributed by atoms with Gasteiger partial charge in [0, 0.05) is 58.9 Å². The Labute approximate surface area is 281 Å². The van der Waals surface area contributed by atoms with Gasteiger partial charge in [0.05, 0.1) is 24.1 Å². The third kappa shape index (κ3) is 6.61. The average molecular weight is 702 g/mol. The molecule has 3 N–H and O–H groups in total. The zero-order chi connectivity index (χ0) is 34.6. The Morgan fingerprint density at radius 1 is 1.12 bits per heavy atom. The molecule has 4 heterocycles. The lowest BCUT2D eigenvalue weighted by Gasteiger charge is -2.41. The van der Waals surface area contributed by atoms with Gasteiger partial charge >= 0.3 is 6.03 Å². The number of urea groups is 1. The molecule has 3 saturated heterocycles. The average Bonchev–Trinajstić information content (AvgIpc) is 3.25. The second-order valence-corrected chi connectivity index (χ2v) is 17.1. The lowest BCUT2D eigenvalue weighted by molar-refractivity contribution is -0.132. The van der Waals surface area contributed by atoms with Gasteiger partial charge in [0.15, 0.2) is 0 Å². The number of likely N-dealkylation sites (N-methyl/N-ethyl adjacent to an activating group) is 1. The molecule has 2 aromatic carbocycles. The number of carbonyl (C=O) groups is 3. The number of anilines is 2. The molecule has 0 spiro atoms. The van der Waals surface area contributed by atoms with Crippen LogP contribution < -0.4 is 15.5 Å². The number of rotatable bonds is 6. The summed E-state index contributed by atoms with van der Waals surface area (Å²) >= 11 is 0. The third-order valence-electron chi connectivity index (χ3n) is 10.1. The minimum absolute atomic E-state index is 0.0157. The molecule has 0 aliphatic carbocycles. The Bertz CT molecular complexity index is 1730. The van der Waals surface area contributed by atoms with Crippen molar-refractivity contribution in [1.29, 1.82) is 0 Å². The normalized spacial score (nSPS) is 27.4. The first-order chi connectivity index (χ1) is 22.6. The molecule has 48 heavy (non-hydrogen) atoms. The number of nitrogens with zero attached hydrogens (tertiary/aromatic N) is 3. The molecule has 0 aromatic heterocycles. The van der Waals surface area contributed by atoms with Crippen LogP contribution in [0.3, 0.4) is 0 Å². The molecule has 3 fully saturated rings. The Kier molecular flexibility index (Phi) is 9.19. The van der Waals surface area contributed by atoms with Crippen molar-refractivity contribution in [2.24, 2.45) is 5.92 Å². The number of nitrogens with one attached hydrogen (secondary N) is 2. The topological polar surface area (TPSA) is 139 Å². The zero-order valence-corrected chi connectivity index (χ0v) is 29.0. The Morgan fingerprint density at radius 2 is 1.90 bits per heavy atom.